The van der Waals surface area contributed by atoms with E-state index in [1.54, 1.807) is 18.2 Å². The number of halogens is 3. The monoisotopic (exact) mass is 496 g/mol. The normalized spacial score (nSPS) is 14.1. The van der Waals surface area contributed by atoms with Gasteiger partial charge in [-0.2, -0.15) is 0 Å². The first-order chi connectivity index (χ1) is 15.3. The number of benzene rings is 3. The zero-order valence-corrected chi connectivity index (χ0v) is 18.7. The minimum Gasteiger partial charge on any atom is -0.489 e. The van der Waals surface area contributed by atoms with Gasteiger partial charge in [0.25, 0.3) is 0 Å². The van der Waals surface area contributed by atoms with Crippen LogP contribution in [-0.2, 0) is 11.4 Å². The molecule has 3 aromatic carbocycles. The molecule has 1 N–H and O–H groups in total. The average Bonchev–Trinajstić information content (AvgIpc) is 2.99. The lowest BCUT2D eigenvalue weighted by Gasteiger charge is -2.09. The van der Waals surface area contributed by atoms with E-state index in [0.717, 1.165) is 32.3 Å². The molecule has 0 bridgehead atoms. The van der Waals surface area contributed by atoms with E-state index < -0.39 is 11.8 Å². The number of allylic oxidation sites excluding steroid dienone is 2. The van der Waals surface area contributed by atoms with Crippen LogP contribution in [0.5, 0.6) is 5.75 Å². The number of carboxylic acids is 1. The van der Waals surface area contributed by atoms with Crippen molar-refractivity contribution >= 4 is 39.1 Å². The Kier molecular flexibility index (Phi) is 6.24. The lowest BCUT2D eigenvalue weighted by Crippen LogP contribution is -1.97. The molecule has 0 atom stereocenters. The van der Waals surface area contributed by atoms with E-state index in [1.807, 2.05) is 31.2 Å². The van der Waals surface area contributed by atoms with Gasteiger partial charge in [-0.05, 0) is 94.4 Å². The molecule has 0 aromatic heterocycles. The molecule has 0 fully saturated rings. The second-order valence-electron chi connectivity index (χ2n) is 7.52. The molecule has 0 radical (unpaired) electrons. The summed E-state index contributed by atoms with van der Waals surface area (Å²) in [6.45, 7) is 2.19. The van der Waals surface area contributed by atoms with Crippen molar-refractivity contribution in [3.63, 3.8) is 0 Å². The molecule has 32 heavy (non-hydrogen) atoms. The van der Waals surface area contributed by atoms with Crippen LogP contribution in [0.1, 0.15) is 35.6 Å². The fourth-order valence-electron chi connectivity index (χ4n) is 3.76. The topological polar surface area (TPSA) is 46.5 Å². The first-order valence-electron chi connectivity index (χ1n) is 9.92. The molecule has 0 unspecified atom stereocenters. The Morgan fingerprint density at radius 1 is 1.00 bits per heavy atom. The summed E-state index contributed by atoms with van der Waals surface area (Å²) >= 11 is 3.60. The molecule has 0 spiro atoms. The van der Waals surface area contributed by atoms with Crippen LogP contribution in [0, 0.1) is 11.6 Å². The first kappa shape index (κ1) is 22.0. The number of carbonyl (C=O) groups is 1. The molecule has 162 valence electrons. The predicted octanol–water partition coefficient (Wildman–Crippen LogP) is 7.11. The Morgan fingerprint density at radius 3 is 2.41 bits per heavy atom. The van der Waals surface area contributed by atoms with Crippen LogP contribution >= 0.6 is 15.9 Å². The summed E-state index contributed by atoms with van der Waals surface area (Å²) in [7, 11) is 0. The molecule has 1 aliphatic carbocycles. The summed E-state index contributed by atoms with van der Waals surface area (Å²) in [4.78, 5) is 11.3. The fourth-order valence-corrected chi connectivity index (χ4v) is 4.30. The van der Waals surface area contributed by atoms with Gasteiger partial charge in [0, 0.05) is 4.47 Å². The van der Waals surface area contributed by atoms with E-state index in [-0.39, 0.29) is 12.2 Å². The molecule has 4 rings (SSSR count). The van der Waals surface area contributed by atoms with Gasteiger partial charge < -0.3 is 9.84 Å². The highest BCUT2D eigenvalue weighted by atomic mass is 79.9. The largest absolute Gasteiger partial charge is 0.489 e. The second-order valence-corrected chi connectivity index (χ2v) is 8.37. The summed E-state index contributed by atoms with van der Waals surface area (Å²) in [6, 6.07) is 16.1. The van der Waals surface area contributed by atoms with Crippen LogP contribution in [0.3, 0.4) is 0 Å². The van der Waals surface area contributed by atoms with Gasteiger partial charge in [0.05, 0.1) is 6.42 Å². The van der Waals surface area contributed by atoms with E-state index in [0.29, 0.717) is 23.5 Å². The molecule has 3 aromatic rings. The van der Waals surface area contributed by atoms with Gasteiger partial charge in [-0.1, -0.05) is 34.1 Å². The highest BCUT2D eigenvalue weighted by Crippen LogP contribution is 2.44. The van der Waals surface area contributed by atoms with Crippen molar-refractivity contribution in [1.29, 1.82) is 0 Å². The average molecular weight is 497 g/mol. The molecule has 3 nitrogen and oxygen atoms in total. The maximum Gasteiger partial charge on any atom is 0.307 e. The zero-order valence-electron chi connectivity index (χ0n) is 17.2. The van der Waals surface area contributed by atoms with Crippen molar-refractivity contribution in [1.82, 2.24) is 0 Å². The van der Waals surface area contributed by atoms with Gasteiger partial charge in [-0.25, -0.2) is 8.78 Å². The van der Waals surface area contributed by atoms with Gasteiger partial charge in [-0.3, -0.25) is 4.79 Å². The van der Waals surface area contributed by atoms with Crippen LogP contribution in [-0.4, -0.2) is 11.1 Å². The van der Waals surface area contributed by atoms with Crippen LogP contribution in [0.2, 0.25) is 0 Å². The second kappa shape index (κ2) is 9.09. The third kappa shape index (κ3) is 4.65. The quantitative estimate of drug-likeness (QED) is 0.395. The van der Waals surface area contributed by atoms with Crippen molar-refractivity contribution < 1.29 is 23.4 Å². The number of carboxylic acid groups (broad SMARTS) is 1. The van der Waals surface area contributed by atoms with Gasteiger partial charge in [0.15, 0.2) is 0 Å². The lowest BCUT2D eigenvalue weighted by atomic mass is 10.00. The van der Waals surface area contributed by atoms with Gasteiger partial charge in [0.2, 0.25) is 0 Å². The van der Waals surface area contributed by atoms with E-state index in [9.17, 15) is 18.7 Å². The van der Waals surface area contributed by atoms with Gasteiger partial charge >= 0.3 is 5.97 Å². The highest BCUT2D eigenvalue weighted by molar-refractivity contribution is 9.10. The SMILES string of the molecule is CC1=C(CC(=O)O)c2cc(F)ccc2/C1=C\c1ccc(COc2ccc(F)cc2)cc1Br. The summed E-state index contributed by atoms with van der Waals surface area (Å²) in [5, 5.41) is 9.30. The number of fused-ring (bicyclic) bond motifs is 1. The Bertz CT molecular complexity index is 1260. The number of hydrogen-bond acceptors (Lipinski definition) is 2. The van der Waals surface area contributed by atoms with Crippen molar-refractivity contribution in [2.75, 3.05) is 0 Å². The van der Waals surface area contributed by atoms with Crippen LogP contribution in [0.15, 0.2) is 70.7 Å². The first-order valence-corrected chi connectivity index (χ1v) is 10.7. The number of rotatable bonds is 6. The summed E-state index contributed by atoms with van der Waals surface area (Å²) < 4.78 is 33.4. The fraction of sp³-hybridized carbons (Fsp3) is 0.115. The summed E-state index contributed by atoms with van der Waals surface area (Å²) in [5.74, 6) is -1.09. The number of ether oxygens (including phenoxy) is 1. The molecule has 0 amide bonds. The smallest absolute Gasteiger partial charge is 0.307 e. The Balaban J connectivity index is 1.62. The minimum atomic E-state index is -0.956. The van der Waals surface area contributed by atoms with Crippen LogP contribution in [0.4, 0.5) is 8.78 Å². The predicted molar refractivity (Wildman–Crippen MR) is 124 cm³/mol. The number of aliphatic carboxylic acids is 1. The summed E-state index contributed by atoms with van der Waals surface area (Å²) in [5.41, 5.74) is 5.58. The van der Waals surface area contributed by atoms with E-state index in [2.05, 4.69) is 15.9 Å². The lowest BCUT2D eigenvalue weighted by molar-refractivity contribution is -0.135. The van der Waals surface area contributed by atoms with Crippen molar-refractivity contribution in [2.45, 2.75) is 20.0 Å². The molecule has 6 heteroatoms. The molecule has 0 aliphatic heterocycles. The van der Waals surface area contributed by atoms with Crippen LogP contribution in [0.25, 0.3) is 17.2 Å². The van der Waals surface area contributed by atoms with Crippen LogP contribution < -0.4 is 4.74 Å². The molecular weight excluding hydrogens is 478 g/mol. The molecule has 0 saturated carbocycles. The van der Waals surface area contributed by atoms with Crippen molar-refractivity contribution in [2.24, 2.45) is 0 Å². The minimum absolute atomic E-state index is 0.166. The standard InChI is InChI=1S/C26H19BrF2O3/c1-15-22(21-9-6-19(29)12-24(21)23(15)13-26(30)31)11-17-3-2-16(10-25(17)27)14-32-20-7-4-18(28)5-8-20/h2-12H,13-14H2,1H3,(H,30,31)/b22-11-. The van der Waals surface area contributed by atoms with Crippen molar-refractivity contribution in [3.05, 3.63) is 105 Å². The van der Waals surface area contributed by atoms with Gasteiger partial charge in [0.1, 0.15) is 24.0 Å². The molecule has 0 heterocycles. The molecular formula is C26H19BrF2O3. The Labute approximate surface area is 192 Å². The Morgan fingerprint density at radius 2 is 1.72 bits per heavy atom. The third-order valence-corrected chi connectivity index (χ3v) is 6.05. The maximum absolute atomic E-state index is 13.8. The van der Waals surface area contributed by atoms with E-state index >= 15 is 0 Å². The maximum atomic E-state index is 13.8. The molecule has 1 aliphatic rings. The molecule has 0 saturated heterocycles. The van der Waals surface area contributed by atoms with Crippen molar-refractivity contribution in [3.8, 4) is 5.75 Å². The van der Waals surface area contributed by atoms with Gasteiger partial charge in [-0.15, -0.1) is 0 Å². The highest BCUT2D eigenvalue weighted by Gasteiger charge is 2.25. The van der Waals surface area contributed by atoms with E-state index in [4.69, 9.17) is 4.74 Å². The Hall–Kier alpha value is -3.25. The van der Waals surface area contributed by atoms with E-state index in [1.165, 1.54) is 24.3 Å². The zero-order chi connectivity index (χ0) is 22.8. The third-order valence-electron chi connectivity index (χ3n) is 5.37. The summed E-state index contributed by atoms with van der Waals surface area (Å²) in [6.07, 6.45) is 1.80. The number of hydrogen-bond donors (Lipinski definition) is 1.